The van der Waals surface area contributed by atoms with Gasteiger partial charge >= 0.3 is 0 Å². The predicted molar refractivity (Wildman–Crippen MR) is 57.3 cm³/mol. The van der Waals surface area contributed by atoms with Crippen molar-refractivity contribution >= 4 is 0 Å². The van der Waals surface area contributed by atoms with Crippen LogP contribution in [0.2, 0.25) is 0 Å². The van der Waals surface area contributed by atoms with Gasteiger partial charge in [0.1, 0.15) is 23.1 Å². The summed E-state index contributed by atoms with van der Waals surface area (Å²) in [6.45, 7) is 3.52. The monoisotopic (exact) mass is 219 g/mol. The van der Waals surface area contributed by atoms with Crippen LogP contribution in [0.3, 0.4) is 0 Å². The Balaban J connectivity index is 2.20. The maximum absolute atomic E-state index is 12.9. The zero-order chi connectivity index (χ0) is 11.5. The Kier molecular flexibility index (Phi) is 2.86. The van der Waals surface area contributed by atoms with E-state index in [1.165, 1.54) is 42.5 Å². The molecule has 2 rings (SSSR count). The Hall–Kier alpha value is -1.90. The van der Waals surface area contributed by atoms with Gasteiger partial charge in [-0.1, -0.05) is 0 Å². The van der Waals surface area contributed by atoms with E-state index in [2.05, 4.69) is 6.92 Å². The molecule has 3 heteroatoms. The second-order valence-corrected chi connectivity index (χ2v) is 3.31. The summed E-state index contributed by atoms with van der Waals surface area (Å²) in [4.78, 5) is 0. The molecular weight excluding hydrogens is 210 g/mol. The molecule has 0 N–H and O–H groups in total. The van der Waals surface area contributed by atoms with Crippen LogP contribution in [0.4, 0.5) is 8.78 Å². The standard InChI is InChI=1S/C13H9F2O/c1-9-8-12(6-7-13(9)15)16-11-4-2-10(14)3-5-11/h2-8H,1H2. The summed E-state index contributed by atoms with van der Waals surface area (Å²) in [5.74, 6) is 0.251. The third-order valence-corrected chi connectivity index (χ3v) is 2.07. The van der Waals surface area contributed by atoms with Crippen molar-refractivity contribution in [2.24, 2.45) is 0 Å². The van der Waals surface area contributed by atoms with Gasteiger partial charge in [0.25, 0.3) is 0 Å². The van der Waals surface area contributed by atoms with E-state index >= 15 is 0 Å². The van der Waals surface area contributed by atoms with Gasteiger partial charge in [-0.2, -0.15) is 0 Å². The second-order valence-electron chi connectivity index (χ2n) is 3.31. The Morgan fingerprint density at radius 1 is 0.875 bits per heavy atom. The van der Waals surface area contributed by atoms with E-state index in [0.717, 1.165) is 0 Å². The average molecular weight is 219 g/mol. The number of ether oxygens (including phenoxy) is 1. The summed E-state index contributed by atoms with van der Waals surface area (Å²) in [6.07, 6.45) is 0. The van der Waals surface area contributed by atoms with Gasteiger partial charge in [-0.05, 0) is 55.0 Å². The van der Waals surface area contributed by atoms with E-state index < -0.39 is 0 Å². The molecule has 2 aromatic carbocycles. The van der Waals surface area contributed by atoms with Gasteiger partial charge in [0.2, 0.25) is 0 Å². The van der Waals surface area contributed by atoms with Crippen molar-refractivity contribution in [1.29, 1.82) is 0 Å². The molecular formula is C13H9F2O. The molecule has 0 aliphatic carbocycles. The molecule has 0 aromatic heterocycles. The van der Waals surface area contributed by atoms with Crippen LogP contribution in [0.5, 0.6) is 11.5 Å². The van der Waals surface area contributed by atoms with E-state index in [0.29, 0.717) is 11.5 Å². The fourth-order valence-corrected chi connectivity index (χ4v) is 1.25. The highest BCUT2D eigenvalue weighted by atomic mass is 19.1. The van der Waals surface area contributed by atoms with Crippen LogP contribution < -0.4 is 4.74 Å². The number of hydrogen-bond acceptors (Lipinski definition) is 1. The molecule has 0 spiro atoms. The lowest BCUT2D eigenvalue weighted by molar-refractivity contribution is 0.478. The molecule has 1 nitrogen and oxygen atoms in total. The minimum Gasteiger partial charge on any atom is -0.457 e. The number of hydrogen-bond donors (Lipinski definition) is 0. The van der Waals surface area contributed by atoms with Gasteiger partial charge in [0.15, 0.2) is 0 Å². The first-order chi connectivity index (χ1) is 7.65. The molecule has 0 amide bonds. The van der Waals surface area contributed by atoms with Crippen LogP contribution in [0.25, 0.3) is 0 Å². The zero-order valence-electron chi connectivity index (χ0n) is 8.41. The Bertz CT molecular complexity index is 492. The molecule has 0 aliphatic rings. The summed E-state index contributed by atoms with van der Waals surface area (Å²) in [7, 11) is 0. The van der Waals surface area contributed by atoms with Gasteiger partial charge < -0.3 is 4.74 Å². The first-order valence-corrected chi connectivity index (χ1v) is 4.70. The Morgan fingerprint density at radius 3 is 2.12 bits per heavy atom. The molecule has 0 fully saturated rings. The lowest BCUT2D eigenvalue weighted by atomic mass is 10.2. The molecule has 16 heavy (non-hydrogen) atoms. The fraction of sp³-hybridized carbons (Fsp3) is 0. The van der Waals surface area contributed by atoms with E-state index in [9.17, 15) is 8.78 Å². The average Bonchev–Trinajstić information content (AvgIpc) is 2.27. The van der Waals surface area contributed by atoms with Crippen LogP contribution >= 0.6 is 0 Å². The summed E-state index contributed by atoms with van der Waals surface area (Å²) < 4.78 is 30.9. The van der Waals surface area contributed by atoms with Crippen molar-refractivity contribution < 1.29 is 13.5 Å². The first kappa shape index (κ1) is 10.6. The number of rotatable bonds is 2. The van der Waals surface area contributed by atoms with Gasteiger partial charge in [0, 0.05) is 0 Å². The largest absolute Gasteiger partial charge is 0.457 e. The third kappa shape index (κ3) is 2.37. The van der Waals surface area contributed by atoms with Crippen molar-refractivity contribution in [3.63, 3.8) is 0 Å². The molecule has 0 unspecified atom stereocenters. The van der Waals surface area contributed by atoms with Crippen LogP contribution in [0.15, 0.2) is 42.5 Å². The van der Waals surface area contributed by atoms with E-state index in [1.807, 2.05) is 0 Å². The van der Waals surface area contributed by atoms with Crippen molar-refractivity contribution in [2.75, 3.05) is 0 Å². The molecule has 81 valence electrons. The third-order valence-electron chi connectivity index (χ3n) is 2.07. The van der Waals surface area contributed by atoms with Crippen molar-refractivity contribution in [3.05, 3.63) is 66.6 Å². The molecule has 2 aromatic rings. The maximum Gasteiger partial charge on any atom is 0.127 e. The number of halogens is 2. The molecule has 0 bridgehead atoms. The van der Waals surface area contributed by atoms with E-state index in [-0.39, 0.29) is 17.2 Å². The Labute approximate surface area is 92.3 Å². The minimum absolute atomic E-state index is 0.264. The highest BCUT2D eigenvalue weighted by Gasteiger charge is 2.01. The molecule has 0 saturated carbocycles. The van der Waals surface area contributed by atoms with Crippen molar-refractivity contribution in [1.82, 2.24) is 0 Å². The molecule has 0 saturated heterocycles. The van der Waals surface area contributed by atoms with Crippen molar-refractivity contribution in [2.45, 2.75) is 0 Å². The highest BCUT2D eigenvalue weighted by molar-refractivity contribution is 5.35. The lowest BCUT2D eigenvalue weighted by Gasteiger charge is -2.06. The fourth-order valence-electron chi connectivity index (χ4n) is 1.25. The lowest BCUT2D eigenvalue weighted by Crippen LogP contribution is -1.87. The zero-order valence-corrected chi connectivity index (χ0v) is 8.41. The minimum atomic E-state index is -0.383. The smallest absolute Gasteiger partial charge is 0.127 e. The molecule has 0 heterocycles. The predicted octanol–water partition coefficient (Wildman–Crippen LogP) is 3.94. The van der Waals surface area contributed by atoms with E-state index in [4.69, 9.17) is 4.74 Å². The van der Waals surface area contributed by atoms with Crippen LogP contribution in [-0.4, -0.2) is 0 Å². The van der Waals surface area contributed by atoms with E-state index in [1.54, 1.807) is 0 Å². The molecule has 0 atom stereocenters. The van der Waals surface area contributed by atoms with Gasteiger partial charge in [-0.15, -0.1) is 0 Å². The van der Waals surface area contributed by atoms with Gasteiger partial charge in [0.05, 0.1) is 0 Å². The quantitative estimate of drug-likeness (QED) is 0.743. The topological polar surface area (TPSA) is 9.23 Å². The highest BCUT2D eigenvalue weighted by Crippen LogP contribution is 2.23. The van der Waals surface area contributed by atoms with Gasteiger partial charge in [-0.25, -0.2) is 8.78 Å². The van der Waals surface area contributed by atoms with Crippen LogP contribution in [-0.2, 0) is 0 Å². The van der Waals surface area contributed by atoms with Gasteiger partial charge in [-0.3, -0.25) is 0 Å². The number of benzene rings is 2. The maximum atomic E-state index is 12.9. The Morgan fingerprint density at radius 2 is 1.50 bits per heavy atom. The summed E-state index contributed by atoms with van der Waals surface area (Å²) in [5, 5.41) is 0. The first-order valence-electron chi connectivity index (χ1n) is 4.70. The summed E-state index contributed by atoms with van der Waals surface area (Å²) >= 11 is 0. The van der Waals surface area contributed by atoms with Crippen LogP contribution in [0.1, 0.15) is 5.56 Å². The molecule has 0 aliphatic heterocycles. The summed E-state index contributed by atoms with van der Waals surface area (Å²) in [5.41, 5.74) is 0.264. The van der Waals surface area contributed by atoms with Crippen LogP contribution in [0, 0.1) is 18.6 Å². The second kappa shape index (κ2) is 4.31. The normalized spacial score (nSPS) is 10.2. The van der Waals surface area contributed by atoms with Crippen molar-refractivity contribution in [3.8, 4) is 11.5 Å². The SMILES string of the molecule is [CH2]c1cc(Oc2ccc(F)cc2)ccc1F. The summed E-state index contributed by atoms with van der Waals surface area (Å²) in [6, 6.07) is 9.85. The molecule has 1 radical (unpaired) electrons.